The molecular weight excluding hydrogens is 607 g/mol. The smallest absolute Gasteiger partial charge is 0.160 e. The zero-order valence-corrected chi connectivity index (χ0v) is 27.2. The molecule has 1 unspecified atom stereocenters. The van der Waals surface area contributed by atoms with Crippen LogP contribution in [0.1, 0.15) is 22.7 Å². The fourth-order valence-electron chi connectivity index (χ4n) is 7.73. The molecule has 3 nitrogen and oxygen atoms in total. The second kappa shape index (κ2) is 11.5. The predicted octanol–water partition coefficient (Wildman–Crippen LogP) is 11.8. The highest BCUT2D eigenvalue weighted by atomic mass is 14.9. The van der Waals surface area contributed by atoms with Crippen LogP contribution >= 0.6 is 0 Å². The molecule has 1 N–H and O–H groups in total. The monoisotopic (exact) mass is 637 g/mol. The summed E-state index contributed by atoms with van der Waals surface area (Å²) in [4.78, 5) is 10.7. The van der Waals surface area contributed by atoms with E-state index in [2.05, 4.69) is 175 Å². The number of nitrogens with one attached hydrogen (secondary N) is 1. The molecule has 0 saturated carbocycles. The van der Waals surface area contributed by atoms with Gasteiger partial charge in [-0.2, -0.15) is 0 Å². The molecule has 234 valence electrons. The van der Waals surface area contributed by atoms with Gasteiger partial charge < -0.3 is 5.32 Å². The lowest BCUT2D eigenvalue weighted by atomic mass is 9.92. The number of hydrogen-bond acceptors (Lipinski definition) is 3. The van der Waals surface area contributed by atoms with Crippen molar-refractivity contribution < 1.29 is 0 Å². The van der Waals surface area contributed by atoms with Crippen LogP contribution in [0.5, 0.6) is 0 Å². The Bertz CT molecular complexity index is 2660. The molecule has 0 bridgehead atoms. The summed E-state index contributed by atoms with van der Waals surface area (Å²) in [6.45, 7) is 0. The molecule has 8 aromatic carbocycles. The van der Waals surface area contributed by atoms with Crippen LogP contribution in [0.3, 0.4) is 0 Å². The van der Waals surface area contributed by atoms with E-state index in [1.807, 2.05) is 6.20 Å². The minimum absolute atomic E-state index is 0.0843. The van der Waals surface area contributed by atoms with Gasteiger partial charge in [0.25, 0.3) is 0 Å². The van der Waals surface area contributed by atoms with Gasteiger partial charge in [0.05, 0.1) is 17.4 Å². The Hall–Kier alpha value is -6.58. The summed E-state index contributed by atoms with van der Waals surface area (Å²) in [6.07, 6.45) is 4.18. The van der Waals surface area contributed by atoms with Crippen LogP contribution in [0.25, 0.3) is 83.1 Å². The third-order valence-corrected chi connectivity index (χ3v) is 10.1. The Kier molecular flexibility index (Phi) is 6.56. The van der Waals surface area contributed by atoms with Gasteiger partial charge in [0, 0.05) is 16.7 Å². The predicted molar refractivity (Wildman–Crippen MR) is 209 cm³/mol. The fraction of sp³-hybridized carbons (Fsp3) is 0.0213. The molecule has 1 aliphatic heterocycles. The SMILES string of the molecule is C1=Cc2ccccc2C(c2ccc(-c3nc(-c4cc5ccccc5c5ccccc45)cc(-c4cc5ccccc5c5ccccc45)n3)cc2)N1. The minimum atomic E-state index is 0.0843. The van der Waals surface area contributed by atoms with E-state index in [1.165, 1.54) is 59.8 Å². The molecule has 0 amide bonds. The van der Waals surface area contributed by atoms with Gasteiger partial charge in [0.15, 0.2) is 5.82 Å². The van der Waals surface area contributed by atoms with Gasteiger partial charge in [-0.25, -0.2) is 9.97 Å². The van der Waals surface area contributed by atoms with E-state index in [9.17, 15) is 0 Å². The third kappa shape index (κ3) is 4.67. The minimum Gasteiger partial charge on any atom is -0.380 e. The molecule has 3 heteroatoms. The van der Waals surface area contributed by atoms with E-state index in [0.29, 0.717) is 5.82 Å². The standard InChI is InChI=1S/C47H31N3/c1-6-16-37-30(11-1)25-26-48-46(37)31-21-23-32(24-22-31)47-49-44(42-27-33-12-2-4-14-35(33)38-17-7-9-19-40(38)42)29-45(50-47)43-28-34-13-3-5-15-36(34)39-18-8-10-20-41(39)43/h1-29,46,48H. The molecule has 1 atom stereocenters. The van der Waals surface area contributed by atoms with Crippen LogP contribution in [0.2, 0.25) is 0 Å². The second-order valence-corrected chi connectivity index (χ2v) is 13.0. The lowest BCUT2D eigenvalue weighted by molar-refractivity contribution is 0.721. The van der Waals surface area contributed by atoms with Crippen molar-refractivity contribution in [2.24, 2.45) is 0 Å². The largest absolute Gasteiger partial charge is 0.380 e. The highest BCUT2D eigenvalue weighted by Gasteiger charge is 2.20. The Morgan fingerprint density at radius 1 is 0.440 bits per heavy atom. The summed E-state index contributed by atoms with van der Waals surface area (Å²) < 4.78 is 0. The lowest BCUT2D eigenvalue weighted by Gasteiger charge is -2.24. The molecule has 0 saturated heterocycles. The maximum Gasteiger partial charge on any atom is 0.160 e. The summed E-state index contributed by atoms with van der Waals surface area (Å²) in [6, 6.07) is 58.7. The first-order valence-electron chi connectivity index (χ1n) is 17.1. The van der Waals surface area contributed by atoms with Crippen molar-refractivity contribution in [3.8, 4) is 33.9 Å². The summed E-state index contributed by atoms with van der Waals surface area (Å²) in [7, 11) is 0. The molecule has 50 heavy (non-hydrogen) atoms. The van der Waals surface area contributed by atoms with Crippen molar-refractivity contribution in [3.63, 3.8) is 0 Å². The number of nitrogens with zero attached hydrogens (tertiary/aromatic N) is 2. The van der Waals surface area contributed by atoms with Crippen molar-refractivity contribution >= 4 is 49.2 Å². The van der Waals surface area contributed by atoms with Crippen molar-refractivity contribution in [2.45, 2.75) is 6.04 Å². The Morgan fingerprint density at radius 2 is 0.940 bits per heavy atom. The van der Waals surface area contributed by atoms with Gasteiger partial charge in [-0.05, 0) is 90.3 Å². The van der Waals surface area contributed by atoms with Crippen LogP contribution < -0.4 is 5.32 Å². The maximum atomic E-state index is 5.34. The van der Waals surface area contributed by atoms with Crippen LogP contribution in [0, 0.1) is 0 Å². The molecule has 0 aliphatic carbocycles. The molecule has 0 spiro atoms. The topological polar surface area (TPSA) is 37.8 Å². The molecule has 2 heterocycles. The first kappa shape index (κ1) is 28.4. The summed E-state index contributed by atoms with van der Waals surface area (Å²) in [5.74, 6) is 0.704. The van der Waals surface area contributed by atoms with Crippen LogP contribution in [0.4, 0.5) is 0 Å². The summed E-state index contributed by atoms with van der Waals surface area (Å²) in [5, 5.41) is 13.2. The van der Waals surface area contributed by atoms with Gasteiger partial charge >= 0.3 is 0 Å². The number of hydrogen-bond donors (Lipinski definition) is 1. The van der Waals surface area contributed by atoms with Crippen LogP contribution in [-0.2, 0) is 0 Å². The third-order valence-electron chi connectivity index (χ3n) is 10.1. The van der Waals surface area contributed by atoms with Crippen molar-refractivity contribution in [3.05, 3.63) is 187 Å². The average molecular weight is 638 g/mol. The quantitative estimate of drug-likeness (QED) is 0.195. The highest BCUT2D eigenvalue weighted by molar-refractivity contribution is 6.15. The summed E-state index contributed by atoms with van der Waals surface area (Å²) in [5.41, 5.74) is 8.69. The average Bonchev–Trinajstić information content (AvgIpc) is 3.20. The zero-order valence-electron chi connectivity index (χ0n) is 27.2. The molecule has 9 aromatic rings. The van der Waals surface area contributed by atoms with E-state index >= 15 is 0 Å². The Morgan fingerprint density at radius 3 is 1.54 bits per heavy atom. The first-order chi connectivity index (χ1) is 24.8. The van der Waals surface area contributed by atoms with Crippen LogP contribution in [-0.4, -0.2) is 9.97 Å². The molecular formula is C47H31N3. The van der Waals surface area contributed by atoms with Crippen LogP contribution in [0.15, 0.2) is 170 Å². The van der Waals surface area contributed by atoms with Gasteiger partial charge in [0.2, 0.25) is 0 Å². The maximum absolute atomic E-state index is 5.34. The number of fused-ring (bicyclic) bond motifs is 7. The normalized spacial score (nSPS) is 13.9. The van der Waals surface area contributed by atoms with Gasteiger partial charge in [-0.1, -0.05) is 146 Å². The van der Waals surface area contributed by atoms with Crippen molar-refractivity contribution in [1.82, 2.24) is 15.3 Å². The highest BCUT2D eigenvalue weighted by Crippen LogP contribution is 2.39. The van der Waals surface area contributed by atoms with E-state index in [1.54, 1.807) is 0 Å². The zero-order chi connectivity index (χ0) is 33.0. The van der Waals surface area contributed by atoms with Crippen molar-refractivity contribution in [2.75, 3.05) is 0 Å². The Balaban J connectivity index is 1.20. The molecule has 0 radical (unpaired) electrons. The van der Waals surface area contributed by atoms with E-state index in [4.69, 9.17) is 9.97 Å². The number of aromatic nitrogens is 2. The Labute approximate surface area is 290 Å². The van der Waals surface area contributed by atoms with E-state index in [-0.39, 0.29) is 6.04 Å². The fourth-order valence-corrected chi connectivity index (χ4v) is 7.73. The van der Waals surface area contributed by atoms with E-state index < -0.39 is 0 Å². The first-order valence-corrected chi connectivity index (χ1v) is 17.1. The number of rotatable bonds is 4. The van der Waals surface area contributed by atoms with Gasteiger partial charge in [-0.3, -0.25) is 0 Å². The second-order valence-electron chi connectivity index (χ2n) is 13.0. The molecule has 1 aromatic heterocycles. The van der Waals surface area contributed by atoms with Gasteiger partial charge in [0.1, 0.15) is 0 Å². The molecule has 10 rings (SSSR count). The molecule has 0 fully saturated rings. The summed E-state index contributed by atoms with van der Waals surface area (Å²) >= 11 is 0. The number of benzene rings is 8. The lowest BCUT2D eigenvalue weighted by Crippen LogP contribution is -2.20. The van der Waals surface area contributed by atoms with E-state index in [0.717, 1.165) is 28.1 Å². The molecule has 1 aliphatic rings. The van der Waals surface area contributed by atoms with Crippen molar-refractivity contribution in [1.29, 1.82) is 0 Å². The van der Waals surface area contributed by atoms with Gasteiger partial charge in [-0.15, -0.1) is 0 Å².